The monoisotopic (exact) mass is 535 g/mol. The molecule has 5 aromatic rings. The van der Waals surface area contributed by atoms with Crippen molar-refractivity contribution in [1.29, 1.82) is 0 Å². The van der Waals surface area contributed by atoms with Crippen molar-refractivity contribution >= 4 is 34.1 Å². The van der Waals surface area contributed by atoms with Gasteiger partial charge in [0, 0.05) is 28.2 Å². The number of halogens is 3. The van der Waals surface area contributed by atoms with Gasteiger partial charge in [0.1, 0.15) is 11.4 Å². The number of hydrogen-bond acceptors (Lipinski definition) is 6. The van der Waals surface area contributed by atoms with Gasteiger partial charge in [0.25, 0.3) is 0 Å². The first kappa shape index (κ1) is 25.5. The zero-order chi connectivity index (χ0) is 27.0. The van der Waals surface area contributed by atoms with Crippen LogP contribution in [0.2, 0.25) is 0 Å². The van der Waals surface area contributed by atoms with Gasteiger partial charge in [0.05, 0.1) is 23.3 Å². The van der Waals surface area contributed by atoms with Crippen molar-refractivity contribution < 1.29 is 17.6 Å². The number of aryl methyl sites for hydroxylation is 1. The molecule has 3 aromatic carbocycles. The highest BCUT2D eigenvalue weighted by Gasteiger charge is 2.34. The summed E-state index contributed by atoms with van der Waals surface area (Å²) in [4.78, 5) is 4.82. The quantitative estimate of drug-likeness (QED) is 0.139. The third-order valence-corrected chi connectivity index (χ3v) is 6.96. The summed E-state index contributed by atoms with van der Waals surface area (Å²) < 4.78 is 47.2. The number of fused-ring (bicyclic) bond motifs is 1. The fourth-order valence-corrected chi connectivity index (χ4v) is 4.79. The number of nitrogens with zero attached hydrogens (tertiary/aromatic N) is 3. The fourth-order valence-electron chi connectivity index (χ4n) is 4.33. The lowest BCUT2D eigenvalue weighted by molar-refractivity contribution is -0.141. The number of alkyl halides is 3. The molecule has 0 aliphatic heterocycles. The first-order chi connectivity index (χ1) is 18.2. The molecule has 0 aliphatic carbocycles. The van der Waals surface area contributed by atoms with Crippen molar-refractivity contribution in [3.63, 3.8) is 0 Å². The second-order valence-corrected chi connectivity index (χ2v) is 9.45. The maximum atomic E-state index is 13.5. The van der Waals surface area contributed by atoms with Crippen LogP contribution >= 0.6 is 11.8 Å². The van der Waals surface area contributed by atoms with Gasteiger partial charge in [-0.05, 0) is 72.8 Å². The molecule has 194 valence electrons. The molecule has 0 saturated carbocycles. The lowest BCUT2D eigenvalue weighted by Gasteiger charge is -2.26. The normalized spacial score (nSPS) is 12.3. The van der Waals surface area contributed by atoms with E-state index in [2.05, 4.69) is 4.98 Å². The molecule has 2 heterocycles. The van der Waals surface area contributed by atoms with Crippen molar-refractivity contribution in [2.45, 2.75) is 18.0 Å². The van der Waals surface area contributed by atoms with Crippen LogP contribution in [0.25, 0.3) is 33.5 Å². The van der Waals surface area contributed by atoms with E-state index in [0.717, 1.165) is 27.6 Å². The lowest BCUT2D eigenvalue weighted by atomic mass is 10.0. The van der Waals surface area contributed by atoms with E-state index < -0.39 is 11.9 Å². The van der Waals surface area contributed by atoms with Crippen LogP contribution in [-0.2, 0) is 6.18 Å². The number of furan rings is 1. The van der Waals surface area contributed by atoms with Crippen molar-refractivity contribution in [1.82, 2.24) is 9.55 Å². The van der Waals surface area contributed by atoms with Crippen LogP contribution in [0.5, 0.6) is 0 Å². The van der Waals surface area contributed by atoms with Crippen LogP contribution in [0, 0.1) is 6.92 Å². The van der Waals surface area contributed by atoms with Gasteiger partial charge in [-0.3, -0.25) is 5.01 Å². The Bertz CT molecular complexity index is 1650. The number of rotatable bonds is 6. The van der Waals surface area contributed by atoms with Gasteiger partial charge < -0.3 is 14.7 Å². The van der Waals surface area contributed by atoms with Crippen LogP contribution in [0.15, 0.2) is 94.7 Å². The van der Waals surface area contributed by atoms with E-state index in [0.29, 0.717) is 28.2 Å². The smallest absolute Gasteiger partial charge is 0.434 e. The highest BCUT2D eigenvalue weighted by atomic mass is 32.2. The molecule has 5 rings (SSSR count). The molecule has 0 fully saturated rings. The summed E-state index contributed by atoms with van der Waals surface area (Å²) in [7, 11) is 0. The largest absolute Gasteiger partial charge is 0.464 e. The van der Waals surface area contributed by atoms with E-state index in [1.165, 1.54) is 22.7 Å². The Labute approximate surface area is 221 Å². The first-order valence-electron chi connectivity index (χ1n) is 11.6. The van der Waals surface area contributed by atoms with Gasteiger partial charge in [-0.2, -0.15) is 13.2 Å². The summed E-state index contributed by atoms with van der Waals surface area (Å²) in [5.41, 5.74) is 9.58. The predicted octanol–water partition coefficient (Wildman–Crippen LogP) is 6.97. The summed E-state index contributed by atoms with van der Waals surface area (Å²) in [6, 6.07) is 20.7. The maximum absolute atomic E-state index is 13.5. The van der Waals surface area contributed by atoms with Gasteiger partial charge >= 0.3 is 6.18 Å². The minimum absolute atomic E-state index is 0.169. The summed E-state index contributed by atoms with van der Waals surface area (Å²) in [5.74, 6) is 6.86. The molecule has 0 unspecified atom stereocenters. The third kappa shape index (κ3) is 4.75. The van der Waals surface area contributed by atoms with Crippen LogP contribution in [0.1, 0.15) is 17.1 Å². The molecule has 0 spiro atoms. The maximum Gasteiger partial charge on any atom is 0.434 e. The van der Waals surface area contributed by atoms with E-state index in [4.69, 9.17) is 16.0 Å². The minimum Gasteiger partial charge on any atom is -0.464 e. The van der Waals surface area contributed by atoms with E-state index in [9.17, 15) is 13.2 Å². The SMILES string of the molecule is CSc1cccc(-c2ccc(-n3cc(C(F)(F)F)nc3C)c(N(N)/C(=C\N)c3ccc4occc4c3)c2)c1. The number of thioether (sulfide) groups is 1. The Morgan fingerprint density at radius 1 is 1.05 bits per heavy atom. The Kier molecular flexibility index (Phi) is 6.68. The van der Waals surface area contributed by atoms with E-state index >= 15 is 0 Å². The molecule has 6 nitrogen and oxygen atoms in total. The molecule has 4 N–H and O–H groups in total. The highest BCUT2D eigenvalue weighted by Crippen LogP contribution is 2.37. The molecule has 0 saturated heterocycles. The number of anilines is 1. The van der Waals surface area contributed by atoms with Crippen molar-refractivity contribution in [2.24, 2.45) is 11.6 Å². The Balaban J connectivity index is 1.68. The van der Waals surface area contributed by atoms with Crippen LogP contribution in [0.4, 0.5) is 18.9 Å². The van der Waals surface area contributed by atoms with Gasteiger partial charge in [0.2, 0.25) is 0 Å². The fraction of sp³-hybridized carbons (Fsp3) is 0.107. The molecule has 0 radical (unpaired) electrons. The number of hydrazine groups is 1. The second kappa shape index (κ2) is 9.96. The van der Waals surface area contributed by atoms with E-state index in [-0.39, 0.29) is 5.82 Å². The molecule has 0 atom stereocenters. The van der Waals surface area contributed by atoms with Crippen molar-refractivity contribution in [3.05, 3.63) is 102 Å². The zero-order valence-corrected chi connectivity index (χ0v) is 21.3. The lowest BCUT2D eigenvalue weighted by Crippen LogP contribution is -2.31. The standard InChI is InChI=1S/C28H24F3N5OS/c1-17-34-27(28(29,30)31)16-35(17)23-8-6-19(18-4-3-5-22(13-18)38-2)14-24(23)36(33)25(15-32)20-7-9-26-21(12-20)10-11-37-26/h3-16H,32-33H2,1-2H3/b25-15-. The van der Waals surface area contributed by atoms with Crippen LogP contribution in [0.3, 0.4) is 0 Å². The number of benzene rings is 3. The molecule has 0 amide bonds. The first-order valence-corrected chi connectivity index (χ1v) is 12.8. The van der Waals surface area contributed by atoms with Crippen LogP contribution < -0.4 is 16.6 Å². The number of hydrogen-bond donors (Lipinski definition) is 2. The molecular formula is C28H24F3N5OS. The number of aromatic nitrogens is 2. The molecular weight excluding hydrogens is 511 g/mol. The van der Waals surface area contributed by atoms with E-state index in [1.807, 2.05) is 66.9 Å². The average molecular weight is 536 g/mol. The summed E-state index contributed by atoms with van der Waals surface area (Å²) in [6.45, 7) is 1.52. The Morgan fingerprint density at radius 3 is 2.55 bits per heavy atom. The molecule has 2 aromatic heterocycles. The molecule has 10 heteroatoms. The van der Waals surface area contributed by atoms with E-state index in [1.54, 1.807) is 24.1 Å². The average Bonchev–Trinajstić information content (AvgIpc) is 3.55. The van der Waals surface area contributed by atoms with Gasteiger partial charge in [-0.15, -0.1) is 11.8 Å². The zero-order valence-electron chi connectivity index (χ0n) is 20.5. The summed E-state index contributed by atoms with van der Waals surface area (Å²) in [5, 5.41) is 2.24. The minimum atomic E-state index is -4.58. The highest BCUT2D eigenvalue weighted by molar-refractivity contribution is 7.98. The van der Waals surface area contributed by atoms with Gasteiger partial charge in [-0.25, -0.2) is 10.8 Å². The van der Waals surface area contributed by atoms with Crippen molar-refractivity contribution in [2.75, 3.05) is 11.3 Å². The third-order valence-electron chi connectivity index (χ3n) is 6.24. The number of nitrogens with two attached hydrogens (primary N) is 2. The van der Waals surface area contributed by atoms with Crippen LogP contribution in [-0.4, -0.2) is 15.8 Å². The topological polar surface area (TPSA) is 86.2 Å². The number of imidazole rings is 1. The predicted molar refractivity (Wildman–Crippen MR) is 146 cm³/mol. The summed E-state index contributed by atoms with van der Waals surface area (Å²) >= 11 is 1.62. The molecule has 0 aliphatic rings. The van der Waals surface area contributed by atoms with Crippen molar-refractivity contribution in [3.8, 4) is 16.8 Å². The second-order valence-electron chi connectivity index (χ2n) is 8.57. The summed E-state index contributed by atoms with van der Waals surface area (Å²) in [6.07, 6.45) is 1.34. The van der Waals surface area contributed by atoms with Gasteiger partial charge in [-0.1, -0.05) is 18.2 Å². The molecule has 38 heavy (non-hydrogen) atoms. The Morgan fingerprint density at radius 2 is 1.84 bits per heavy atom. The van der Waals surface area contributed by atoms with Gasteiger partial charge in [0.15, 0.2) is 5.69 Å². The Hall–Kier alpha value is -4.15. The molecule has 0 bridgehead atoms.